The van der Waals surface area contributed by atoms with Crippen LogP contribution in [-0.2, 0) is 6.42 Å². The van der Waals surface area contributed by atoms with Gasteiger partial charge < -0.3 is 10.3 Å². The minimum Gasteiger partial charge on any atom is -0.330 e. The standard InChI is InChI=1S/C12H14ClN3/c1-9-15-7-8-16(9)12-4-2-3-11(13)10(12)5-6-14/h2-4,7-8H,5-6,14H2,1H3. The van der Waals surface area contributed by atoms with Crippen molar-refractivity contribution >= 4 is 11.6 Å². The molecule has 3 nitrogen and oxygen atoms in total. The zero-order valence-corrected chi connectivity index (χ0v) is 9.91. The number of rotatable bonds is 3. The van der Waals surface area contributed by atoms with E-state index in [9.17, 15) is 0 Å². The topological polar surface area (TPSA) is 43.8 Å². The average molecular weight is 236 g/mol. The number of aryl methyl sites for hydroxylation is 1. The Balaban J connectivity index is 2.56. The van der Waals surface area contributed by atoms with Crippen molar-refractivity contribution in [1.82, 2.24) is 9.55 Å². The van der Waals surface area contributed by atoms with Crippen LogP contribution in [0.25, 0.3) is 5.69 Å². The van der Waals surface area contributed by atoms with Crippen LogP contribution in [0.1, 0.15) is 11.4 Å². The Hall–Kier alpha value is -1.32. The monoisotopic (exact) mass is 235 g/mol. The number of aromatic nitrogens is 2. The van der Waals surface area contributed by atoms with Crippen molar-refractivity contribution in [3.8, 4) is 5.69 Å². The molecule has 0 saturated heterocycles. The second-order valence-electron chi connectivity index (χ2n) is 3.62. The van der Waals surface area contributed by atoms with Crippen LogP contribution in [0, 0.1) is 6.92 Å². The van der Waals surface area contributed by atoms with Crippen LogP contribution in [0.2, 0.25) is 5.02 Å². The zero-order chi connectivity index (χ0) is 11.5. The fourth-order valence-electron chi connectivity index (χ4n) is 1.80. The molecule has 0 amide bonds. The second kappa shape index (κ2) is 4.68. The molecule has 0 aliphatic rings. The minimum atomic E-state index is 0.588. The first-order valence-electron chi connectivity index (χ1n) is 5.22. The summed E-state index contributed by atoms with van der Waals surface area (Å²) in [7, 11) is 0. The number of nitrogens with two attached hydrogens (primary N) is 1. The van der Waals surface area contributed by atoms with Crippen LogP contribution in [0.4, 0.5) is 0 Å². The Labute approximate surface area is 99.9 Å². The summed E-state index contributed by atoms with van der Waals surface area (Å²) in [5, 5.41) is 0.760. The number of hydrogen-bond acceptors (Lipinski definition) is 2. The van der Waals surface area contributed by atoms with E-state index in [1.54, 1.807) is 6.20 Å². The molecule has 0 fully saturated rings. The van der Waals surface area contributed by atoms with Crippen LogP contribution in [0.15, 0.2) is 30.6 Å². The van der Waals surface area contributed by atoms with Crippen molar-refractivity contribution in [3.05, 3.63) is 47.0 Å². The molecule has 2 aromatic rings. The fraction of sp³-hybridized carbons (Fsp3) is 0.250. The van der Waals surface area contributed by atoms with Crippen LogP contribution < -0.4 is 5.73 Å². The van der Waals surface area contributed by atoms with Crippen LogP contribution in [0.5, 0.6) is 0 Å². The van der Waals surface area contributed by atoms with Gasteiger partial charge in [0.2, 0.25) is 0 Å². The Morgan fingerprint density at radius 1 is 1.44 bits per heavy atom. The molecular formula is C12H14ClN3. The maximum Gasteiger partial charge on any atom is 0.110 e. The number of benzene rings is 1. The first-order valence-corrected chi connectivity index (χ1v) is 5.59. The van der Waals surface area contributed by atoms with E-state index in [0.29, 0.717) is 6.54 Å². The molecule has 2 N–H and O–H groups in total. The van der Waals surface area contributed by atoms with E-state index in [-0.39, 0.29) is 0 Å². The highest BCUT2D eigenvalue weighted by Crippen LogP contribution is 2.24. The molecule has 0 unspecified atom stereocenters. The predicted octanol–water partition coefficient (Wildman–Crippen LogP) is 2.34. The third-order valence-electron chi connectivity index (χ3n) is 2.57. The average Bonchev–Trinajstić information content (AvgIpc) is 2.68. The number of nitrogens with zero attached hydrogens (tertiary/aromatic N) is 2. The van der Waals surface area contributed by atoms with Gasteiger partial charge in [0.05, 0.1) is 5.69 Å². The summed E-state index contributed by atoms with van der Waals surface area (Å²) < 4.78 is 2.02. The third-order valence-corrected chi connectivity index (χ3v) is 2.93. The molecule has 2 rings (SSSR count). The summed E-state index contributed by atoms with van der Waals surface area (Å²) in [6.45, 7) is 2.55. The molecule has 1 heterocycles. The number of imidazole rings is 1. The smallest absolute Gasteiger partial charge is 0.110 e. The van der Waals surface area contributed by atoms with Crippen LogP contribution >= 0.6 is 11.6 Å². The highest BCUT2D eigenvalue weighted by Gasteiger charge is 2.09. The van der Waals surface area contributed by atoms with Gasteiger partial charge in [-0.3, -0.25) is 0 Å². The lowest BCUT2D eigenvalue weighted by Gasteiger charge is -2.12. The summed E-state index contributed by atoms with van der Waals surface area (Å²) >= 11 is 6.19. The maximum atomic E-state index is 6.19. The van der Waals surface area contributed by atoms with E-state index in [1.165, 1.54) is 0 Å². The van der Waals surface area contributed by atoms with Gasteiger partial charge in [-0.15, -0.1) is 0 Å². The molecule has 4 heteroatoms. The zero-order valence-electron chi connectivity index (χ0n) is 9.15. The lowest BCUT2D eigenvalue weighted by Crippen LogP contribution is -2.08. The largest absolute Gasteiger partial charge is 0.330 e. The summed E-state index contributed by atoms with van der Waals surface area (Å²) in [6.07, 6.45) is 4.48. The van der Waals surface area contributed by atoms with Gasteiger partial charge >= 0.3 is 0 Å². The quantitative estimate of drug-likeness (QED) is 0.888. The molecule has 0 spiro atoms. The normalized spacial score (nSPS) is 10.7. The van der Waals surface area contributed by atoms with Gasteiger partial charge in [-0.25, -0.2) is 4.98 Å². The van der Waals surface area contributed by atoms with Gasteiger partial charge in [0.1, 0.15) is 5.82 Å². The Kier molecular flexibility index (Phi) is 3.27. The van der Waals surface area contributed by atoms with Crippen LogP contribution in [-0.4, -0.2) is 16.1 Å². The van der Waals surface area contributed by atoms with E-state index in [1.807, 2.05) is 35.9 Å². The van der Waals surface area contributed by atoms with Gasteiger partial charge in [-0.1, -0.05) is 17.7 Å². The Morgan fingerprint density at radius 3 is 2.88 bits per heavy atom. The first-order chi connectivity index (χ1) is 7.74. The van der Waals surface area contributed by atoms with Gasteiger partial charge in [-0.2, -0.15) is 0 Å². The van der Waals surface area contributed by atoms with E-state index in [2.05, 4.69) is 4.98 Å². The molecule has 0 bridgehead atoms. The molecule has 1 aromatic carbocycles. The maximum absolute atomic E-state index is 6.19. The molecule has 0 aliphatic carbocycles. The Bertz CT molecular complexity index is 491. The fourth-order valence-corrected chi connectivity index (χ4v) is 2.06. The van der Waals surface area contributed by atoms with Gasteiger partial charge in [0.25, 0.3) is 0 Å². The summed E-state index contributed by atoms with van der Waals surface area (Å²) in [4.78, 5) is 4.21. The summed E-state index contributed by atoms with van der Waals surface area (Å²) in [5.74, 6) is 0.945. The SMILES string of the molecule is Cc1nccn1-c1cccc(Cl)c1CCN. The van der Waals surface area contributed by atoms with E-state index < -0.39 is 0 Å². The number of hydrogen-bond donors (Lipinski definition) is 1. The lowest BCUT2D eigenvalue weighted by atomic mass is 10.1. The van der Waals surface area contributed by atoms with Crippen molar-refractivity contribution in [3.63, 3.8) is 0 Å². The van der Waals surface area contributed by atoms with E-state index >= 15 is 0 Å². The molecule has 1 aromatic heterocycles. The van der Waals surface area contributed by atoms with Crippen molar-refractivity contribution in [2.75, 3.05) is 6.54 Å². The van der Waals surface area contributed by atoms with Gasteiger partial charge in [0, 0.05) is 17.4 Å². The van der Waals surface area contributed by atoms with Crippen molar-refractivity contribution in [1.29, 1.82) is 0 Å². The highest BCUT2D eigenvalue weighted by atomic mass is 35.5. The van der Waals surface area contributed by atoms with Crippen molar-refractivity contribution in [2.45, 2.75) is 13.3 Å². The molecular weight excluding hydrogens is 222 g/mol. The van der Waals surface area contributed by atoms with Crippen molar-refractivity contribution < 1.29 is 0 Å². The lowest BCUT2D eigenvalue weighted by molar-refractivity contribution is 0.912. The molecule has 84 valence electrons. The molecule has 0 aliphatic heterocycles. The van der Waals surface area contributed by atoms with E-state index in [4.69, 9.17) is 17.3 Å². The number of halogens is 1. The highest BCUT2D eigenvalue weighted by molar-refractivity contribution is 6.31. The van der Waals surface area contributed by atoms with Crippen LogP contribution in [0.3, 0.4) is 0 Å². The first kappa shape index (κ1) is 11.2. The summed E-state index contributed by atoms with van der Waals surface area (Å²) in [5.41, 5.74) is 7.75. The van der Waals surface area contributed by atoms with Crippen molar-refractivity contribution in [2.24, 2.45) is 5.73 Å². The van der Waals surface area contributed by atoms with Gasteiger partial charge in [-0.05, 0) is 37.6 Å². The second-order valence-corrected chi connectivity index (χ2v) is 4.03. The van der Waals surface area contributed by atoms with Gasteiger partial charge in [0.15, 0.2) is 0 Å². The predicted molar refractivity (Wildman–Crippen MR) is 66.1 cm³/mol. The molecule has 0 atom stereocenters. The summed E-state index contributed by atoms with van der Waals surface area (Å²) in [6, 6.07) is 5.87. The third kappa shape index (κ3) is 1.96. The Morgan fingerprint density at radius 2 is 2.25 bits per heavy atom. The molecule has 0 radical (unpaired) electrons. The molecule has 16 heavy (non-hydrogen) atoms. The minimum absolute atomic E-state index is 0.588. The molecule has 0 saturated carbocycles. The van der Waals surface area contributed by atoms with E-state index in [0.717, 1.165) is 28.5 Å².